The van der Waals surface area contributed by atoms with Gasteiger partial charge in [0.05, 0.1) is 16.4 Å². The zero-order chi connectivity index (χ0) is 14.3. The molecule has 1 saturated heterocycles. The highest BCUT2D eigenvalue weighted by molar-refractivity contribution is 8.00. The molecule has 2 heterocycles. The summed E-state index contributed by atoms with van der Waals surface area (Å²) in [4.78, 5) is 4.54. The first-order chi connectivity index (χ1) is 9.56. The maximum absolute atomic E-state index is 13.7. The summed E-state index contributed by atoms with van der Waals surface area (Å²) < 4.78 is 15.9. The van der Waals surface area contributed by atoms with Gasteiger partial charge in [0.2, 0.25) is 0 Å². The highest BCUT2D eigenvalue weighted by Crippen LogP contribution is 2.32. The molecule has 2 atom stereocenters. The van der Waals surface area contributed by atoms with Crippen molar-refractivity contribution in [2.24, 2.45) is 0 Å². The van der Waals surface area contributed by atoms with Crippen molar-refractivity contribution in [3.05, 3.63) is 29.3 Å². The second-order valence-corrected chi connectivity index (χ2v) is 7.48. The Morgan fingerprint density at radius 3 is 3.00 bits per heavy atom. The van der Waals surface area contributed by atoms with Gasteiger partial charge in [0, 0.05) is 17.9 Å². The fourth-order valence-corrected chi connectivity index (χ4v) is 4.18. The van der Waals surface area contributed by atoms with Crippen LogP contribution >= 0.6 is 23.4 Å². The standard InChI is InChI=1S/C15H18ClFN2S/c1-9-6-14-13(7-12(9)17)18-15(10(2)16)19(14)8-11-4-3-5-20-11/h6-7,10-11H,3-5,8H2,1-2H3. The number of hydrogen-bond donors (Lipinski definition) is 0. The summed E-state index contributed by atoms with van der Waals surface area (Å²) in [6.07, 6.45) is 2.52. The molecule has 1 fully saturated rings. The third kappa shape index (κ3) is 2.56. The zero-order valence-corrected chi connectivity index (χ0v) is 13.3. The number of aryl methyl sites for hydroxylation is 1. The number of aromatic nitrogens is 2. The fourth-order valence-electron chi connectivity index (χ4n) is 2.76. The lowest BCUT2D eigenvalue weighted by atomic mass is 10.2. The third-order valence-electron chi connectivity index (χ3n) is 3.82. The van der Waals surface area contributed by atoms with E-state index in [0.29, 0.717) is 16.3 Å². The Labute approximate surface area is 127 Å². The number of hydrogen-bond acceptors (Lipinski definition) is 2. The number of imidazole rings is 1. The van der Waals surface area contributed by atoms with Gasteiger partial charge in [-0.1, -0.05) is 0 Å². The molecule has 0 radical (unpaired) electrons. The van der Waals surface area contributed by atoms with E-state index < -0.39 is 0 Å². The first-order valence-electron chi connectivity index (χ1n) is 6.98. The lowest BCUT2D eigenvalue weighted by molar-refractivity contribution is 0.617. The highest BCUT2D eigenvalue weighted by atomic mass is 35.5. The minimum atomic E-state index is -0.203. The summed E-state index contributed by atoms with van der Waals surface area (Å²) in [6, 6.07) is 3.41. The number of nitrogens with zero attached hydrogens (tertiary/aromatic N) is 2. The minimum Gasteiger partial charge on any atom is -0.326 e. The van der Waals surface area contributed by atoms with Gasteiger partial charge in [-0.2, -0.15) is 11.8 Å². The Morgan fingerprint density at radius 2 is 2.35 bits per heavy atom. The van der Waals surface area contributed by atoms with Gasteiger partial charge in [-0.3, -0.25) is 0 Å². The van der Waals surface area contributed by atoms with E-state index in [1.165, 1.54) is 24.7 Å². The Morgan fingerprint density at radius 1 is 1.55 bits per heavy atom. The molecule has 0 bridgehead atoms. The number of benzene rings is 1. The van der Waals surface area contributed by atoms with Crippen molar-refractivity contribution in [2.75, 3.05) is 5.75 Å². The van der Waals surface area contributed by atoms with Crippen LogP contribution in [0.2, 0.25) is 0 Å². The van der Waals surface area contributed by atoms with Gasteiger partial charge < -0.3 is 4.57 Å². The number of alkyl halides is 1. The van der Waals surface area contributed by atoms with Crippen molar-refractivity contribution >= 4 is 34.4 Å². The minimum absolute atomic E-state index is 0.169. The van der Waals surface area contributed by atoms with Crippen LogP contribution in [-0.2, 0) is 6.54 Å². The summed E-state index contributed by atoms with van der Waals surface area (Å²) in [5, 5.41) is 0.448. The van der Waals surface area contributed by atoms with E-state index in [0.717, 1.165) is 17.9 Å². The van der Waals surface area contributed by atoms with Crippen LogP contribution in [0.3, 0.4) is 0 Å². The van der Waals surface area contributed by atoms with Crippen molar-refractivity contribution in [1.29, 1.82) is 0 Å². The van der Waals surface area contributed by atoms with Crippen LogP contribution in [0.5, 0.6) is 0 Å². The Bertz CT molecular complexity index is 632. The molecule has 0 aliphatic carbocycles. The second-order valence-electron chi connectivity index (χ2n) is 5.42. The summed E-state index contributed by atoms with van der Waals surface area (Å²) in [5.41, 5.74) is 2.36. The average Bonchev–Trinajstić information content (AvgIpc) is 3.00. The van der Waals surface area contributed by atoms with Crippen LogP contribution in [-0.4, -0.2) is 20.6 Å². The molecule has 3 rings (SSSR count). The molecule has 20 heavy (non-hydrogen) atoms. The number of fused-ring (bicyclic) bond motifs is 1. The van der Waals surface area contributed by atoms with Crippen molar-refractivity contribution in [3.63, 3.8) is 0 Å². The Hall–Kier alpha value is -0.740. The van der Waals surface area contributed by atoms with E-state index in [9.17, 15) is 4.39 Å². The van der Waals surface area contributed by atoms with Crippen LogP contribution in [0.1, 0.15) is 36.5 Å². The van der Waals surface area contributed by atoms with Crippen molar-refractivity contribution in [1.82, 2.24) is 9.55 Å². The molecule has 1 aliphatic rings. The molecule has 0 saturated carbocycles. The van der Waals surface area contributed by atoms with Crippen LogP contribution in [0.4, 0.5) is 4.39 Å². The van der Waals surface area contributed by atoms with Gasteiger partial charge in [-0.15, -0.1) is 11.6 Å². The van der Waals surface area contributed by atoms with Gasteiger partial charge >= 0.3 is 0 Å². The molecule has 2 unspecified atom stereocenters. The zero-order valence-electron chi connectivity index (χ0n) is 11.7. The highest BCUT2D eigenvalue weighted by Gasteiger charge is 2.22. The first-order valence-corrected chi connectivity index (χ1v) is 8.46. The van der Waals surface area contributed by atoms with Crippen LogP contribution in [0.15, 0.2) is 12.1 Å². The third-order valence-corrected chi connectivity index (χ3v) is 5.40. The average molecular weight is 313 g/mol. The van der Waals surface area contributed by atoms with E-state index in [-0.39, 0.29) is 11.2 Å². The molecule has 1 aliphatic heterocycles. The monoisotopic (exact) mass is 312 g/mol. The lowest BCUT2D eigenvalue weighted by Gasteiger charge is -2.15. The second kappa shape index (κ2) is 5.57. The number of rotatable bonds is 3. The summed E-state index contributed by atoms with van der Waals surface area (Å²) in [6.45, 7) is 4.63. The quantitative estimate of drug-likeness (QED) is 0.766. The van der Waals surface area contributed by atoms with E-state index >= 15 is 0 Å². The summed E-state index contributed by atoms with van der Waals surface area (Å²) in [5.74, 6) is 1.88. The molecule has 0 N–H and O–H groups in total. The predicted octanol–water partition coefficient (Wildman–Crippen LogP) is 4.68. The molecule has 2 nitrogen and oxygen atoms in total. The van der Waals surface area contributed by atoms with Crippen molar-refractivity contribution in [3.8, 4) is 0 Å². The largest absolute Gasteiger partial charge is 0.326 e. The smallest absolute Gasteiger partial charge is 0.128 e. The van der Waals surface area contributed by atoms with E-state index in [1.807, 2.05) is 24.8 Å². The topological polar surface area (TPSA) is 17.8 Å². The van der Waals surface area contributed by atoms with Gasteiger partial charge in [0.15, 0.2) is 0 Å². The number of halogens is 2. The first kappa shape index (κ1) is 14.2. The normalized spacial score (nSPS) is 20.7. The molecule has 0 amide bonds. The Balaban J connectivity index is 2.10. The summed E-state index contributed by atoms with van der Waals surface area (Å²) in [7, 11) is 0. The van der Waals surface area contributed by atoms with Crippen LogP contribution < -0.4 is 0 Å². The van der Waals surface area contributed by atoms with Crippen LogP contribution in [0.25, 0.3) is 11.0 Å². The van der Waals surface area contributed by atoms with Gasteiger partial charge in [-0.25, -0.2) is 9.37 Å². The molecular formula is C15H18ClFN2S. The predicted molar refractivity (Wildman–Crippen MR) is 84.2 cm³/mol. The maximum Gasteiger partial charge on any atom is 0.128 e. The van der Waals surface area contributed by atoms with E-state index in [4.69, 9.17) is 11.6 Å². The molecule has 2 aromatic rings. The van der Waals surface area contributed by atoms with Crippen molar-refractivity contribution < 1.29 is 4.39 Å². The van der Waals surface area contributed by atoms with Crippen molar-refractivity contribution in [2.45, 2.75) is 43.9 Å². The number of thioether (sulfide) groups is 1. The fraction of sp³-hybridized carbons (Fsp3) is 0.533. The van der Waals surface area contributed by atoms with E-state index in [2.05, 4.69) is 9.55 Å². The SMILES string of the molecule is Cc1cc2c(cc1F)nc(C(C)Cl)n2CC1CCCS1. The molecule has 5 heteroatoms. The van der Waals surface area contributed by atoms with E-state index in [1.54, 1.807) is 6.92 Å². The lowest BCUT2D eigenvalue weighted by Crippen LogP contribution is -2.13. The molecule has 0 spiro atoms. The molecular weight excluding hydrogens is 295 g/mol. The molecule has 108 valence electrons. The molecule has 1 aromatic heterocycles. The maximum atomic E-state index is 13.7. The van der Waals surface area contributed by atoms with Crippen LogP contribution in [0, 0.1) is 12.7 Å². The van der Waals surface area contributed by atoms with Gasteiger partial charge in [0.25, 0.3) is 0 Å². The molecule has 1 aromatic carbocycles. The summed E-state index contributed by atoms with van der Waals surface area (Å²) >= 11 is 8.27. The Kier molecular flexibility index (Phi) is 3.95. The van der Waals surface area contributed by atoms with Gasteiger partial charge in [0.1, 0.15) is 11.6 Å². The van der Waals surface area contributed by atoms with Gasteiger partial charge in [-0.05, 0) is 44.1 Å².